The van der Waals surface area contributed by atoms with Crippen molar-refractivity contribution in [3.05, 3.63) is 101 Å². The Hall–Kier alpha value is -2.90. The average Bonchev–Trinajstić information content (AvgIpc) is 2.80. The van der Waals surface area contributed by atoms with E-state index < -0.39 is 9.84 Å². The number of hydrogen-bond acceptors (Lipinski definition) is 5. The minimum atomic E-state index is -3.32. The number of rotatable bonds is 8. The summed E-state index contributed by atoms with van der Waals surface area (Å²) in [6.07, 6.45) is 0.468. The molecule has 31 heavy (non-hydrogen) atoms. The SMILES string of the molecule is O=c1c2ccccc2nc(SCCCS(=O)(=O)c2ccccc2)n1Cc1ccccc1. The average molecular weight is 451 g/mol. The van der Waals surface area contributed by atoms with Gasteiger partial charge < -0.3 is 0 Å². The molecular formula is C24H22N2O3S2. The zero-order chi connectivity index (χ0) is 21.7. The van der Waals surface area contributed by atoms with Crippen LogP contribution in [0.15, 0.2) is 99.8 Å². The molecule has 4 rings (SSSR count). The zero-order valence-corrected chi connectivity index (χ0v) is 18.5. The van der Waals surface area contributed by atoms with Gasteiger partial charge in [-0.1, -0.05) is 72.4 Å². The van der Waals surface area contributed by atoms with E-state index in [-0.39, 0.29) is 11.3 Å². The summed E-state index contributed by atoms with van der Waals surface area (Å²) >= 11 is 1.42. The van der Waals surface area contributed by atoms with Crippen LogP contribution in [0.4, 0.5) is 0 Å². The quantitative estimate of drug-likeness (QED) is 0.226. The first kappa shape index (κ1) is 21.3. The highest BCUT2D eigenvalue weighted by Crippen LogP contribution is 2.21. The maximum absolute atomic E-state index is 13.1. The van der Waals surface area contributed by atoms with Gasteiger partial charge in [0.2, 0.25) is 0 Å². The molecule has 0 spiro atoms. The molecule has 0 amide bonds. The Labute approximate surface area is 185 Å². The lowest BCUT2D eigenvalue weighted by Gasteiger charge is -2.13. The first-order chi connectivity index (χ1) is 15.0. The number of aromatic nitrogens is 2. The Morgan fingerprint density at radius 3 is 2.23 bits per heavy atom. The number of para-hydroxylation sites is 1. The van der Waals surface area contributed by atoms with Crippen LogP contribution in [-0.2, 0) is 16.4 Å². The second kappa shape index (κ2) is 9.49. The molecule has 3 aromatic carbocycles. The molecule has 0 aliphatic heterocycles. The van der Waals surface area contributed by atoms with E-state index in [2.05, 4.69) is 0 Å². The van der Waals surface area contributed by atoms with Crippen molar-refractivity contribution in [2.45, 2.75) is 23.0 Å². The van der Waals surface area contributed by atoms with Gasteiger partial charge >= 0.3 is 0 Å². The summed E-state index contributed by atoms with van der Waals surface area (Å²) in [5.41, 5.74) is 1.57. The highest BCUT2D eigenvalue weighted by atomic mass is 32.2. The van der Waals surface area contributed by atoms with E-state index in [4.69, 9.17) is 4.98 Å². The Morgan fingerprint density at radius 1 is 0.839 bits per heavy atom. The molecule has 0 saturated carbocycles. The molecule has 0 bridgehead atoms. The predicted molar refractivity (Wildman–Crippen MR) is 125 cm³/mol. The van der Waals surface area contributed by atoms with Crippen molar-refractivity contribution in [1.29, 1.82) is 0 Å². The molecule has 0 aliphatic carbocycles. The fourth-order valence-electron chi connectivity index (χ4n) is 3.32. The number of fused-ring (bicyclic) bond motifs is 1. The minimum Gasteiger partial charge on any atom is -0.283 e. The molecule has 0 radical (unpaired) electrons. The molecule has 1 aromatic heterocycles. The molecule has 0 atom stereocenters. The van der Waals surface area contributed by atoms with Gasteiger partial charge in [0.25, 0.3) is 5.56 Å². The molecule has 4 aromatic rings. The Morgan fingerprint density at radius 2 is 1.48 bits per heavy atom. The molecule has 0 aliphatic rings. The van der Waals surface area contributed by atoms with Crippen LogP contribution in [0.2, 0.25) is 0 Å². The maximum Gasteiger partial charge on any atom is 0.262 e. The van der Waals surface area contributed by atoms with Crippen molar-refractivity contribution in [1.82, 2.24) is 9.55 Å². The van der Waals surface area contributed by atoms with Crippen LogP contribution < -0.4 is 5.56 Å². The maximum atomic E-state index is 13.1. The molecule has 7 heteroatoms. The highest BCUT2D eigenvalue weighted by Gasteiger charge is 2.15. The van der Waals surface area contributed by atoms with Gasteiger partial charge in [-0.3, -0.25) is 9.36 Å². The van der Waals surface area contributed by atoms with Crippen LogP contribution in [0.25, 0.3) is 10.9 Å². The second-order valence-electron chi connectivity index (χ2n) is 7.12. The van der Waals surface area contributed by atoms with E-state index in [9.17, 15) is 13.2 Å². The van der Waals surface area contributed by atoms with E-state index in [1.807, 2.05) is 48.5 Å². The summed E-state index contributed by atoms with van der Waals surface area (Å²) in [6.45, 7) is 0.419. The van der Waals surface area contributed by atoms with Crippen molar-refractivity contribution in [2.75, 3.05) is 11.5 Å². The van der Waals surface area contributed by atoms with Crippen LogP contribution in [0.1, 0.15) is 12.0 Å². The van der Waals surface area contributed by atoms with Gasteiger partial charge in [0.05, 0.1) is 28.1 Å². The first-order valence-electron chi connectivity index (χ1n) is 9.99. The topological polar surface area (TPSA) is 69.0 Å². The van der Waals surface area contributed by atoms with E-state index in [1.54, 1.807) is 41.0 Å². The van der Waals surface area contributed by atoms with Gasteiger partial charge in [0.15, 0.2) is 15.0 Å². The normalized spacial score (nSPS) is 11.6. The van der Waals surface area contributed by atoms with Crippen LogP contribution in [0, 0.1) is 0 Å². The van der Waals surface area contributed by atoms with Gasteiger partial charge in [0.1, 0.15) is 0 Å². The third kappa shape index (κ3) is 5.06. The summed E-state index contributed by atoms with van der Waals surface area (Å²) < 4.78 is 26.7. The summed E-state index contributed by atoms with van der Waals surface area (Å²) in [4.78, 5) is 18.2. The van der Waals surface area contributed by atoms with E-state index in [1.165, 1.54) is 11.8 Å². The molecule has 0 N–H and O–H groups in total. The van der Waals surface area contributed by atoms with Gasteiger partial charge in [-0.05, 0) is 36.2 Å². The lowest BCUT2D eigenvalue weighted by molar-refractivity contribution is 0.595. The molecular weight excluding hydrogens is 428 g/mol. The van der Waals surface area contributed by atoms with Crippen LogP contribution >= 0.6 is 11.8 Å². The summed E-state index contributed by atoms with van der Waals surface area (Å²) in [6, 6.07) is 25.6. The lowest BCUT2D eigenvalue weighted by atomic mass is 10.2. The van der Waals surface area contributed by atoms with E-state index in [0.717, 1.165) is 5.56 Å². The number of sulfone groups is 1. The van der Waals surface area contributed by atoms with Gasteiger partial charge in [-0.15, -0.1) is 0 Å². The monoisotopic (exact) mass is 450 g/mol. The molecule has 5 nitrogen and oxygen atoms in total. The number of hydrogen-bond donors (Lipinski definition) is 0. The molecule has 158 valence electrons. The zero-order valence-electron chi connectivity index (χ0n) is 16.8. The predicted octanol–water partition coefficient (Wildman–Crippen LogP) is 4.40. The van der Waals surface area contributed by atoms with Crippen molar-refractivity contribution >= 4 is 32.5 Å². The smallest absolute Gasteiger partial charge is 0.262 e. The first-order valence-corrected chi connectivity index (χ1v) is 12.6. The van der Waals surface area contributed by atoms with Crippen molar-refractivity contribution in [3.63, 3.8) is 0 Å². The van der Waals surface area contributed by atoms with Gasteiger partial charge in [0, 0.05) is 5.75 Å². The number of thioether (sulfide) groups is 1. The van der Waals surface area contributed by atoms with Crippen molar-refractivity contribution in [3.8, 4) is 0 Å². The molecule has 1 heterocycles. The molecule has 0 saturated heterocycles. The Kier molecular flexibility index (Phi) is 6.53. The third-order valence-electron chi connectivity index (χ3n) is 4.90. The van der Waals surface area contributed by atoms with Gasteiger partial charge in [-0.25, -0.2) is 13.4 Å². The van der Waals surface area contributed by atoms with Crippen LogP contribution in [0.3, 0.4) is 0 Å². The standard InChI is InChI=1S/C24H22N2O3S2/c27-23-21-14-7-8-15-22(21)25-24(26(23)18-19-10-3-1-4-11-19)30-16-9-17-31(28,29)20-12-5-2-6-13-20/h1-8,10-15H,9,16-18H2. The van der Waals surface area contributed by atoms with Crippen LogP contribution in [-0.4, -0.2) is 29.5 Å². The van der Waals surface area contributed by atoms with E-state index >= 15 is 0 Å². The fourth-order valence-corrected chi connectivity index (χ4v) is 5.77. The Balaban J connectivity index is 1.55. The van der Waals surface area contributed by atoms with Crippen LogP contribution in [0.5, 0.6) is 0 Å². The van der Waals surface area contributed by atoms with Crippen molar-refractivity contribution < 1.29 is 8.42 Å². The second-order valence-corrected chi connectivity index (χ2v) is 10.3. The number of nitrogens with zero attached hydrogens (tertiary/aromatic N) is 2. The van der Waals surface area contributed by atoms with Gasteiger partial charge in [-0.2, -0.15) is 0 Å². The Bertz CT molecular complexity index is 1340. The lowest BCUT2D eigenvalue weighted by Crippen LogP contribution is -2.24. The third-order valence-corrected chi connectivity index (χ3v) is 7.78. The summed E-state index contributed by atoms with van der Waals surface area (Å²) in [5, 5.41) is 1.18. The van der Waals surface area contributed by atoms with Crippen molar-refractivity contribution in [2.24, 2.45) is 0 Å². The molecule has 0 unspecified atom stereocenters. The fraction of sp³-hybridized carbons (Fsp3) is 0.167. The van der Waals surface area contributed by atoms with E-state index in [0.29, 0.717) is 39.7 Å². The highest BCUT2D eigenvalue weighted by molar-refractivity contribution is 7.99. The largest absolute Gasteiger partial charge is 0.283 e. The summed E-state index contributed by atoms with van der Waals surface area (Å²) in [7, 11) is -3.32. The molecule has 0 fully saturated rings. The summed E-state index contributed by atoms with van der Waals surface area (Å²) in [5.74, 6) is 0.603. The minimum absolute atomic E-state index is 0.0561. The number of benzene rings is 3.